The minimum absolute atomic E-state index is 0.0506. The van der Waals surface area contributed by atoms with E-state index in [4.69, 9.17) is 10.8 Å². The summed E-state index contributed by atoms with van der Waals surface area (Å²) < 4.78 is 0. The van der Waals surface area contributed by atoms with Crippen LogP contribution in [0.1, 0.15) is 37.3 Å². The van der Waals surface area contributed by atoms with Crippen molar-refractivity contribution in [3.8, 4) is 0 Å². The van der Waals surface area contributed by atoms with Gasteiger partial charge >= 0.3 is 0 Å². The van der Waals surface area contributed by atoms with Gasteiger partial charge in [-0.1, -0.05) is 13.8 Å². The number of nitrogen functional groups attached to an aromatic ring is 1. The number of aliphatic hydroxyl groups excluding tert-OH is 1. The molecule has 0 unspecified atom stereocenters. The van der Waals surface area contributed by atoms with Crippen molar-refractivity contribution in [2.24, 2.45) is 5.41 Å². The number of nitrogens with zero attached hydrogens (tertiary/aromatic N) is 2. The highest BCUT2D eigenvalue weighted by Gasteiger charge is 2.19. The number of nitrogens with one attached hydrogen (secondary N) is 2. The molecule has 0 radical (unpaired) electrons. The predicted molar refractivity (Wildman–Crippen MR) is 63.2 cm³/mol. The molecule has 0 aliphatic heterocycles. The lowest BCUT2D eigenvalue weighted by atomic mass is 9.88. The SMILES string of the molecule is CC(C)(CCCO)CNC(=O)c1nc(N)n[nH]1. The van der Waals surface area contributed by atoms with Gasteiger partial charge in [-0.05, 0) is 18.3 Å². The predicted octanol–water partition coefficient (Wildman–Crippen LogP) is -0.0846. The first-order valence-electron chi connectivity index (χ1n) is 5.51. The van der Waals surface area contributed by atoms with Crippen LogP contribution in [0, 0.1) is 5.41 Å². The average molecular weight is 241 g/mol. The summed E-state index contributed by atoms with van der Waals surface area (Å²) in [6, 6.07) is 0. The molecule has 1 aromatic heterocycles. The first kappa shape index (κ1) is 13.4. The molecule has 0 fully saturated rings. The van der Waals surface area contributed by atoms with Crippen molar-refractivity contribution < 1.29 is 9.90 Å². The van der Waals surface area contributed by atoms with Crippen molar-refractivity contribution in [1.29, 1.82) is 0 Å². The monoisotopic (exact) mass is 241 g/mol. The summed E-state index contributed by atoms with van der Waals surface area (Å²) in [5.74, 6) is -0.165. The van der Waals surface area contributed by atoms with Gasteiger partial charge in [0.05, 0.1) is 0 Å². The van der Waals surface area contributed by atoms with Crippen LogP contribution in [-0.4, -0.2) is 39.3 Å². The van der Waals surface area contributed by atoms with Crippen molar-refractivity contribution in [1.82, 2.24) is 20.5 Å². The van der Waals surface area contributed by atoms with Crippen LogP contribution in [-0.2, 0) is 0 Å². The largest absolute Gasteiger partial charge is 0.396 e. The van der Waals surface area contributed by atoms with E-state index in [9.17, 15) is 4.79 Å². The molecule has 1 heterocycles. The van der Waals surface area contributed by atoms with Crippen molar-refractivity contribution in [2.45, 2.75) is 26.7 Å². The third-order valence-electron chi connectivity index (χ3n) is 2.46. The Hall–Kier alpha value is -1.63. The highest BCUT2D eigenvalue weighted by atomic mass is 16.2. The molecule has 0 atom stereocenters. The lowest BCUT2D eigenvalue weighted by Crippen LogP contribution is -2.34. The fraction of sp³-hybridized carbons (Fsp3) is 0.700. The maximum Gasteiger partial charge on any atom is 0.288 e. The van der Waals surface area contributed by atoms with E-state index in [2.05, 4.69) is 20.5 Å². The first-order valence-corrected chi connectivity index (χ1v) is 5.51. The zero-order valence-corrected chi connectivity index (χ0v) is 10.2. The Bertz CT molecular complexity index is 375. The molecule has 1 rings (SSSR count). The average Bonchev–Trinajstić information content (AvgIpc) is 2.70. The maximum absolute atomic E-state index is 11.6. The summed E-state index contributed by atoms with van der Waals surface area (Å²) in [6.07, 6.45) is 1.56. The summed E-state index contributed by atoms with van der Waals surface area (Å²) in [4.78, 5) is 15.4. The zero-order chi connectivity index (χ0) is 12.9. The Morgan fingerprint density at radius 2 is 2.29 bits per heavy atom. The van der Waals surface area contributed by atoms with Gasteiger partial charge in [0.1, 0.15) is 0 Å². The van der Waals surface area contributed by atoms with Gasteiger partial charge in [0.2, 0.25) is 11.8 Å². The van der Waals surface area contributed by atoms with Gasteiger partial charge in [0.25, 0.3) is 5.91 Å². The number of anilines is 1. The van der Waals surface area contributed by atoms with Gasteiger partial charge in [-0.15, -0.1) is 5.10 Å². The first-order chi connectivity index (χ1) is 7.94. The number of hydrogen-bond acceptors (Lipinski definition) is 5. The number of rotatable bonds is 6. The highest BCUT2D eigenvalue weighted by molar-refractivity contribution is 5.90. The molecule has 17 heavy (non-hydrogen) atoms. The van der Waals surface area contributed by atoms with Gasteiger partial charge in [-0.2, -0.15) is 4.98 Å². The van der Waals surface area contributed by atoms with Crippen LogP contribution < -0.4 is 11.1 Å². The number of nitrogens with two attached hydrogens (primary N) is 1. The van der Waals surface area contributed by atoms with E-state index in [0.717, 1.165) is 12.8 Å². The molecule has 7 heteroatoms. The third kappa shape index (κ3) is 4.39. The molecule has 96 valence electrons. The number of carbonyl (C=O) groups is 1. The Labute approximate surface area is 99.8 Å². The van der Waals surface area contributed by atoms with E-state index in [1.54, 1.807) is 0 Å². The van der Waals surface area contributed by atoms with E-state index < -0.39 is 0 Å². The minimum Gasteiger partial charge on any atom is -0.396 e. The summed E-state index contributed by atoms with van der Waals surface area (Å²) >= 11 is 0. The molecular weight excluding hydrogens is 222 g/mol. The molecule has 1 aromatic rings. The van der Waals surface area contributed by atoms with Crippen LogP contribution in [0.15, 0.2) is 0 Å². The van der Waals surface area contributed by atoms with Crippen molar-refractivity contribution >= 4 is 11.9 Å². The van der Waals surface area contributed by atoms with E-state index in [0.29, 0.717) is 6.54 Å². The van der Waals surface area contributed by atoms with Gasteiger partial charge in [-0.3, -0.25) is 9.89 Å². The van der Waals surface area contributed by atoms with E-state index in [1.807, 2.05) is 13.8 Å². The van der Waals surface area contributed by atoms with E-state index in [-0.39, 0.29) is 29.7 Å². The van der Waals surface area contributed by atoms with Crippen LogP contribution in [0.2, 0.25) is 0 Å². The number of carbonyl (C=O) groups excluding carboxylic acids is 1. The molecular formula is C10H19N5O2. The number of aromatic amines is 1. The minimum atomic E-state index is -0.328. The molecule has 0 aliphatic rings. The van der Waals surface area contributed by atoms with Gasteiger partial charge < -0.3 is 16.2 Å². The lowest BCUT2D eigenvalue weighted by Gasteiger charge is -2.24. The van der Waals surface area contributed by atoms with Gasteiger partial charge in [0, 0.05) is 13.2 Å². The molecule has 1 amide bonds. The molecule has 0 aliphatic carbocycles. The van der Waals surface area contributed by atoms with Crippen LogP contribution in [0.4, 0.5) is 5.95 Å². The summed E-state index contributed by atoms with van der Waals surface area (Å²) in [6.45, 7) is 4.72. The smallest absolute Gasteiger partial charge is 0.288 e. The Morgan fingerprint density at radius 1 is 1.59 bits per heavy atom. The fourth-order valence-corrected chi connectivity index (χ4v) is 1.43. The molecule has 5 N–H and O–H groups in total. The molecule has 7 nitrogen and oxygen atoms in total. The lowest BCUT2D eigenvalue weighted by molar-refractivity contribution is 0.0923. The molecule has 0 saturated carbocycles. The normalized spacial score (nSPS) is 11.5. The summed E-state index contributed by atoms with van der Waals surface area (Å²) in [5.41, 5.74) is 5.24. The van der Waals surface area contributed by atoms with E-state index >= 15 is 0 Å². The number of aliphatic hydroxyl groups is 1. The maximum atomic E-state index is 11.6. The Kier molecular flexibility index (Phi) is 4.45. The van der Waals surface area contributed by atoms with Crippen molar-refractivity contribution in [2.75, 3.05) is 18.9 Å². The molecule has 0 saturated heterocycles. The second kappa shape index (κ2) is 5.62. The number of amides is 1. The third-order valence-corrected chi connectivity index (χ3v) is 2.46. The zero-order valence-electron chi connectivity index (χ0n) is 10.2. The number of aromatic nitrogens is 3. The second-order valence-corrected chi connectivity index (χ2v) is 4.72. The van der Waals surface area contributed by atoms with Crippen LogP contribution in [0.25, 0.3) is 0 Å². The van der Waals surface area contributed by atoms with E-state index in [1.165, 1.54) is 0 Å². The Balaban J connectivity index is 2.42. The summed E-state index contributed by atoms with van der Waals surface area (Å²) in [7, 11) is 0. The summed E-state index contributed by atoms with van der Waals surface area (Å²) in [5, 5.41) is 17.5. The quantitative estimate of drug-likeness (QED) is 0.555. The van der Waals surface area contributed by atoms with Crippen LogP contribution in [0.5, 0.6) is 0 Å². The van der Waals surface area contributed by atoms with Crippen molar-refractivity contribution in [3.05, 3.63) is 5.82 Å². The number of H-pyrrole nitrogens is 1. The fourth-order valence-electron chi connectivity index (χ4n) is 1.43. The molecule has 0 aromatic carbocycles. The molecule has 0 bridgehead atoms. The standard InChI is InChI=1S/C10H19N5O2/c1-10(2,4-3-5-16)6-12-8(17)7-13-9(11)15-14-7/h16H,3-6H2,1-2H3,(H,12,17)(H3,11,13,14,15). The van der Waals surface area contributed by atoms with Crippen molar-refractivity contribution in [3.63, 3.8) is 0 Å². The molecule has 0 spiro atoms. The second-order valence-electron chi connectivity index (χ2n) is 4.72. The van der Waals surface area contributed by atoms with Gasteiger partial charge in [-0.25, -0.2) is 0 Å². The van der Waals surface area contributed by atoms with Gasteiger partial charge in [0.15, 0.2) is 0 Å². The van der Waals surface area contributed by atoms with Crippen LogP contribution >= 0.6 is 0 Å². The Morgan fingerprint density at radius 3 is 2.82 bits per heavy atom. The topological polar surface area (TPSA) is 117 Å². The van der Waals surface area contributed by atoms with Crippen LogP contribution in [0.3, 0.4) is 0 Å². The number of hydrogen-bond donors (Lipinski definition) is 4. The highest BCUT2D eigenvalue weighted by Crippen LogP contribution is 2.20.